The van der Waals surface area contributed by atoms with Gasteiger partial charge in [-0.2, -0.15) is 0 Å². The number of nitrogens with zero attached hydrogens (tertiary/aromatic N) is 2. The quantitative estimate of drug-likeness (QED) is 0.590. The number of thiophene rings is 1. The van der Waals surface area contributed by atoms with Crippen molar-refractivity contribution in [2.45, 2.75) is 30.4 Å². The van der Waals surface area contributed by atoms with Crippen molar-refractivity contribution in [1.82, 2.24) is 10.2 Å². The molecule has 3 nitrogen and oxygen atoms in total. The zero-order valence-electron chi connectivity index (χ0n) is 13.2. The molecule has 2 heterocycles. The van der Waals surface area contributed by atoms with E-state index in [4.69, 9.17) is 0 Å². The molecule has 0 amide bonds. The number of hydrogen-bond acceptors (Lipinski definition) is 6. The second kappa shape index (κ2) is 7.95. The van der Waals surface area contributed by atoms with Crippen LogP contribution in [0.1, 0.15) is 21.6 Å². The summed E-state index contributed by atoms with van der Waals surface area (Å²) in [6.45, 7) is 5.18. The molecular weight excluding hydrogens is 342 g/mol. The maximum Gasteiger partial charge on any atom is 0.206 e. The van der Waals surface area contributed by atoms with Crippen LogP contribution in [0.25, 0.3) is 0 Å². The number of rotatable bonds is 7. The fourth-order valence-corrected chi connectivity index (χ4v) is 4.80. The molecule has 0 atom stereocenters. The molecule has 0 aliphatic rings. The largest absolute Gasteiger partial charge is 0.360 e. The third-order valence-corrected chi connectivity index (χ3v) is 6.30. The first-order valence-corrected chi connectivity index (χ1v) is 10.2. The normalized spacial score (nSPS) is 10.9. The van der Waals surface area contributed by atoms with Gasteiger partial charge >= 0.3 is 0 Å². The van der Waals surface area contributed by atoms with Crippen LogP contribution in [0.5, 0.6) is 0 Å². The first kappa shape index (κ1) is 16.5. The highest BCUT2D eigenvalue weighted by Crippen LogP contribution is 2.28. The minimum atomic E-state index is 0.900. The lowest BCUT2D eigenvalue weighted by molar-refractivity contribution is 0.980. The van der Waals surface area contributed by atoms with Crippen molar-refractivity contribution in [3.05, 3.63) is 57.3 Å². The summed E-state index contributed by atoms with van der Waals surface area (Å²) >= 11 is 5.18. The fraction of sp³-hybridized carbons (Fsp3) is 0.294. The molecule has 2 aromatic heterocycles. The predicted molar refractivity (Wildman–Crippen MR) is 102 cm³/mol. The van der Waals surface area contributed by atoms with E-state index in [1.165, 1.54) is 21.6 Å². The molecule has 23 heavy (non-hydrogen) atoms. The number of thioether (sulfide) groups is 1. The fourth-order valence-electron chi connectivity index (χ4n) is 2.38. The van der Waals surface area contributed by atoms with E-state index in [1.54, 1.807) is 34.4 Å². The Morgan fingerprint density at radius 2 is 1.96 bits per heavy atom. The third kappa shape index (κ3) is 5.06. The maximum absolute atomic E-state index is 4.26. The lowest BCUT2D eigenvalue weighted by atomic mass is 10.1. The lowest BCUT2D eigenvalue weighted by Gasteiger charge is -2.03. The summed E-state index contributed by atoms with van der Waals surface area (Å²) in [4.78, 5) is 1.39. The number of hydrogen-bond donors (Lipinski definition) is 1. The third-order valence-electron chi connectivity index (χ3n) is 3.28. The standard InChI is InChI=1S/C17H19N3S3/c1-12-8-13(2)10-14(9-12)11-22-17-20-19-16(23-17)18-6-5-15-4-3-7-21-15/h3-4,7-10H,5-6,11H2,1-2H3,(H,18,19). The summed E-state index contributed by atoms with van der Waals surface area (Å²) in [6, 6.07) is 10.9. The smallest absolute Gasteiger partial charge is 0.206 e. The summed E-state index contributed by atoms with van der Waals surface area (Å²) in [6.07, 6.45) is 1.03. The highest BCUT2D eigenvalue weighted by Gasteiger charge is 2.06. The van der Waals surface area contributed by atoms with Crippen molar-refractivity contribution < 1.29 is 0 Å². The van der Waals surface area contributed by atoms with E-state index < -0.39 is 0 Å². The molecular formula is C17H19N3S3. The number of aromatic nitrogens is 2. The van der Waals surface area contributed by atoms with Gasteiger partial charge in [0.05, 0.1) is 0 Å². The average Bonchev–Trinajstić information content (AvgIpc) is 3.16. The van der Waals surface area contributed by atoms with Crippen LogP contribution in [0.15, 0.2) is 40.1 Å². The molecule has 3 rings (SSSR count). The van der Waals surface area contributed by atoms with Crippen molar-refractivity contribution in [3.63, 3.8) is 0 Å². The number of nitrogens with one attached hydrogen (secondary N) is 1. The van der Waals surface area contributed by atoms with Crippen LogP contribution in [0.2, 0.25) is 0 Å². The molecule has 0 unspecified atom stereocenters. The molecule has 1 N–H and O–H groups in total. The van der Waals surface area contributed by atoms with Crippen molar-refractivity contribution in [2.75, 3.05) is 11.9 Å². The molecule has 120 valence electrons. The molecule has 3 aromatic rings. The van der Waals surface area contributed by atoms with Crippen LogP contribution >= 0.6 is 34.4 Å². The van der Waals surface area contributed by atoms with Crippen LogP contribution in [0.3, 0.4) is 0 Å². The van der Waals surface area contributed by atoms with Gasteiger partial charge in [0.25, 0.3) is 0 Å². The molecule has 0 aliphatic carbocycles. The van der Waals surface area contributed by atoms with E-state index >= 15 is 0 Å². The highest BCUT2D eigenvalue weighted by molar-refractivity contribution is 8.00. The van der Waals surface area contributed by atoms with Crippen LogP contribution < -0.4 is 5.32 Å². The van der Waals surface area contributed by atoms with Gasteiger partial charge in [-0.05, 0) is 37.3 Å². The Labute approximate surface area is 149 Å². The first-order valence-electron chi connectivity index (χ1n) is 7.49. The molecule has 0 saturated carbocycles. The predicted octanol–water partition coefficient (Wildman–Crippen LogP) is 5.16. The van der Waals surface area contributed by atoms with Gasteiger partial charge in [-0.1, -0.05) is 58.5 Å². The molecule has 0 bridgehead atoms. The van der Waals surface area contributed by atoms with E-state index in [0.29, 0.717) is 0 Å². The Balaban J connectivity index is 1.48. The number of benzene rings is 1. The SMILES string of the molecule is Cc1cc(C)cc(CSc2nnc(NCCc3cccs3)s2)c1. The average molecular weight is 362 g/mol. The van der Waals surface area contributed by atoms with Gasteiger partial charge in [-0.25, -0.2) is 0 Å². The van der Waals surface area contributed by atoms with Crippen LogP contribution in [-0.2, 0) is 12.2 Å². The second-order valence-corrected chi connectivity index (χ2v) is 8.65. The number of anilines is 1. The second-order valence-electron chi connectivity index (χ2n) is 5.41. The van der Waals surface area contributed by atoms with E-state index in [9.17, 15) is 0 Å². The van der Waals surface area contributed by atoms with Gasteiger partial charge in [0, 0.05) is 17.2 Å². The Bertz CT molecular complexity index is 730. The van der Waals surface area contributed by atoms with Crippen LogP contribution in [0, 0.1) is 13.8 Å². The summed E-state index contributed by atoms with van der Waals surface area (Å²) in [5.74, 6) is 0.937. The molecule has 6 heteroatoms. The van der Waals surface area contributed by atoms with Gasteiger partial charge in [0.2, 0.25) is 5.13 Å². The Morgan fingerprint density at radius 3 is 2.70 bits per heavy atom. The monoisotopic (exact) mass is 361 g/mol. The molecule has 0 aliphatic heterocycles. The Morgan fingerprint density at radius 1 is 1.13 bits per heavy atom. The summed E-state index contributed by atoms with van der Waals surface area (Å²) in [5, 5.41) is 14.9. The van der Waals surface area contributed by atoms with Crippen molar-refractivity contribution in [3.8, 4) is 0 Å². The van der Waals surface area contributed by atoms with Gasteiger partial charge in [-0.3, -0.25) is 0 Å². The molecule has 0 radical (unpaired) electrons. The molecule has 0 fully saturated rings. The van der Waals surface area contributed by atoms with E-state index in [-0.39, 0.29) is 0 Å². The van der Waals surface area contributed by atoms with Crippen LogP contribution in [-0.4, -0.2) is 16.7 Å². The van der Waals surface area contributed by atoms with Crippen molar-refractivity contribution >= 4 is 39.6 Å². The molecule has 0 spiro atoms. The van der Waals surface area contributed by atoms with E-state index in [2.05, 4.69) is 65.1 Å². The highest BCUT2D eigenvalue weighted by atomic mass is 32.2. The van der Waals surface area contributed by atoms with Crippen LogP contribution in [0.4, 0.5) is 5.13 Å². The van der Waals surface area contributed by atoms with Gasteiger partial charge in [0.1, 0.15) is 0 Å². The topological polar surface area (TPSA) is 37.8 Å². The summed E-state index contributed by atoms with van der Waals surface area (Å²) in [7, 11) is 0. The zero-order chi connectivity index (χ0) is 16.1. The van der Waals surface area contributed by atoms with Crippen molar-refractivity contribution in [1.29, 1.82) is 0 Å². The van der Waals surface area contributed by atoms with E-state index in [0.717, 1.165) is 28.2 Å². The first-order chi connectivity index (χ1) is 11.2. The zero-order valence-corrected chi connectivity index (χ0v) is 15.7. The number of aryl methyl sites for hydroxylation is 2. The van der Waals surface area contributed by atoms with Gasteiger partial charge in [-0.15, -0.1) is 21.5 Å². The maximum atomic E-state index is 4.26. The Kier molecular flexibility index (Phi) is 5.70. The van der Waals surface area contributed by atoms with Gasteiger partial charge < -0.3 is 5.32 Å². The minimum Gasteiger partial charge on any atom is -0.360 e. The molecule has 1 aromatic carbocycles. The lowest BCUT2D eigenvalue weighted by Crippen LogP contribution is -2.03. The summed E-state index contributed by atoms with van der Waals surface area (Å²) < 4.78 is 1.02. The minimum absolute atomic E-state index is 0.900. The molecule has 0 saturated heterocycles. The van der Waals surface area contributed by atoms with Crippen molar-refractivity contribution in [2.24, 2.45) is 0 Å². The summed E-state index contributed by atoms with van der Waals surface area (Å²) in [5.41, 5.74) is 3.97. The Hall–Kier alpha value is -1.37. The van der Waals surface area contributed by atoms with E-state index in [1.807, 2.05) is 0 Å². The van der Waals surface area contributed by atoms with Gasteiger partial charge in [0.15, 0.2) is 4.34 Å².